The van der Waals surface area contributed by atoms with E-state index in [1.807, 2.05) is 0 Å². The fourth-order valence-electron chi connectivity index (χ4n) is 2.57. The van der Waals surface area contributed by atoms with Gasteiger partial charge in [-0.25, -0.2) is 9.78 Å². The SMILES string of the molecule is COC(=O)c1cc(N)cnc1N1CCN(C(C)(C)C)CC1. The van der Waals surface area contributed by atoms with Gasteiger partial charge in [0.15, 0.2) is 0 Å². The molecule has 1 aliphatic rings. The highest BCUT2D eigenvalue weighted by Gasteiger charge is 2.28. The van der Waals surface area contributed by atoms with E-state index in [-0.39, 0.29) is 5.54 Å². The van der Waals surface area contributed by atoms with Crippen LogP contribution in [0.5, 0.6) is 0 Å². The van der Waals surface area contributed by atoms with Gasteiger partial charge in [0.25, 0.3) is 0 Å². The molecule has 2 rings (SSSR count). The zero-order valence-electron chi connectivity index (χ0n) is 13.2. The molecule has 0 unspecified atom stereocenters. The summed E-state index contributed by atoms with van der Waals surface area (Å²) in [5, 5.41) is 0. The third kappa shape index (κ3) is 3.44. The van der Waals surface area contributed by atoms with Crippen LogP contribution in [-0.2, 0) is 4.74 Å². The number of hydrogen-bond acceptors (Lipinski definition) is 6. The number of aromatic nitrogens is 1. The Kier molecular flexibility index (Phi) is 4.37. The molecule has 0 aliphatic carbocycles. The molecule has 1 aromatic heterocycles. The Balaban J connectivity index is 2.19. The van der Waals surface area contributed by atoms with Gasteiger partial charge < -0.3 is 15.4 Å². The number of carbonyl (C=O) groups is 1. The molecule has 0 saturated carbocycles. The number of methoxy groups -OCH3 is 1. The molecule has 21 heavy (non-hydrogen) atoms. The van der Waals surface area contributed by atoms with Gasteiger partial charge in [0.1, 0.15) is 11.4 Å². The van der Waals surface area contributed by atoms with E-state index < -0.39 is 5.97 Å². The number of nitrogens with zero attached hydrogens (tertiary/aromatic N) is 3. The zero-order chi connectivity index (χ0) is 15.6. The standard InChI is InChI=1S/C15H24N4O2/c1-15(2,3)19-7-5-18(6-8-19)13-12(14(20)21-4)9-11(16)10-17-13/h9-10H,5-8,16H2,1-4H3. The molecule has 1 aliphatic heterocycles. The zero-order valence-corrected chi connectivity index (χ0v) is 13.2. The van der Waals surface area contributed by atoms with Crippen molar-refractivity contribution in [2.45, 2.75) is 26.3 Å². The second-order valence-electron chi connectivity index (χ2n) is 6.28. The average molecular weight is 292 g/mol. The largest absolute Gasteiger partial charge is 0.465 e. The van der Waals surface area contributed by atoms with Crippen molar-refractivity contribution < 1.29 is 9.53 Å². The Bertz CT molecular complexity index is 517. The van der Waals surface area contributed by atoms with Crippen molar-refractivity contribution in [3.05, 3.63) is 17.8 Å². The minimum absolute atomic E-state index is 0.159. The number of nitrogen functional groups attached to an aromatic ring is 1. The van der Waals surface area contributed by atoms with Crippen LogP contribution in [0.3, 0.4) is 0 Å². The van der Waals surface area contributed by atoms with Gasteiger partial charge in [-0.2, -0.15) is 0 Å². The Labute approximate surface area is 125 Å². The lowest BCUT2D eigenvalue weighted by molar-refractivity contribution is 0.0600. The van der Waals surface area contributed by atoms with Crippen LogP contribution in [-0.4, -0.2) is 54.7 Å². The highest BCUT2D eigenvalue weighted by atomic mass is 16.5. The topological polar surface area (TPSA) is 71.7 Å². The van der Waals surface area contributed by atoms with Crippen LogP contribution >= 0.6 is 0 Å². The number of hydrogen-bond donors (Lipinski definition) is 1. The maximum absolute atomic E-state index is 11.9. The first-order valence-corrected chi connectivity index (χ1v) is 7.17. The third-order valence-corrected chi connectivity index (χ3v) is 3.82. The number of piperazine rings is 1. The van der Waals surface area contributed by atoms with Gasteiger partial charge in [0, 0.05) is 31.7 Å². The molecule has 0 radical (unpaired) electrons. The summed E-state index contributed by atoms with van der Waals surface area (Å²) in [6, 6.07) is 1.63. The highest BCUT2D eigenvalue weighted by molar-refractivity contribution is 5.95. The summed E-state index contributed by atoms with van der Waals surface area (Å²) in [5.41, 5.74) is 6.79. The van der Waals surface area contributed by atoms with Gasteiger partial charge in [-0.15, -0.1) is 0 Å². The first-order chi connectivity index (χ1) is 9.82. The predicted molar refractivity (Wildman–Crippen MR) is 83.5 cm³/mol. The van der Waals surface area contributed by atoms with Crippen LogP contribution in [0, 0.1) is 0 Å². The van der Waals surface area contributed by atoms with Crippen molar-refractivity contribution >= 4 is 17.5 Å². The van der Waals surface area contributed by atoms with Gasteiger partial charge in [0.05, 0.1) is 19.0 Å². The lowest BCUT2D eigenvalue weighted by Crippen LogP contribution is -2.53. The highest BCUT2D eigenvalue weighted by Crippen LogP contribution is 2.24. The number of pyridine rings is 1. The fourth-order valence-corrected chi connectivity index (χ4v) is 2.57. The van der Waals surface area contributed by atoms with Crippen molar-refractivity contribution in [3.8, 4) is 0 Å². The van der Waals surface area contributed by atoms with Crippen molar-refractivity contribution in [2.24, 2.45) is 0 Å². The van der Waals surface area contributed by atoms with Gasteiger partial charge in [-0.3, -0.25) is 4.90 Å². The van der Waals surface area contributed by atoms with Crippen molar-refractivity contribution in [3.63, 3.8) is 0 Å². The van der Waals surface area contributed by atoms with Crippen LogP contribution in [0.25, 0.3) is 0 Å². The Morgan fingerprint density at radius 3 is 2.43 bits per heavy atom. The maximum Gasteiger partial charge on any atom is 0.341 e. The monoisotopic (exact) mass is 292 g/mol. The smallest absolute Gasteiger partial charge is 0.341 e. The quantitative estimate of drug-likeness (QED) is 0.830. The summed E-state index contributed by atoms with van der Waals surface area (Å²) in [7, 11) is 1.37. The second-order valence-corrected chi connectivity index (χ2v) is 6.28. The fraction of sp³-hybridized carbons (Fsp3) is 0.600. The molecule has 0 amide bonds. The van der Waals surface area contributed by atoms with E-state index >= 15 is 0 Å². The van der Waals surface area contributed by atoms with Crippen molar-refractivity contribution in [1.82, 2.24) is 9.88 Å². The molecule has 1 saturated heterocycles. The third-order valence-electron chi connectivity index (χ3n) is 3.82. The van der Waals surface area contributed by atoms with Gasteiger partial charge in [0.2, 0.25) is 0 Å². The van der Waals surface area contributed by atoms with Crippen LogP contribution in [0.1, 0.15) is 31.1 Å². The van der Waals surface area contributed by atoms with E-state index in [0.29, 0.717) is 17.1 Å². The van der Waals surface area contributed by atoms with E-state index in [4.69, 9.17) is 10.5 Å². The van der Waals surface area contributed by atoms with E-state index in [0.717, 1.165) is 26.2 Å². The van der Waals surface area contributed by atoms with Crippen LogP contribution in [0.15, 0.2) is 12.3 Å². The van der Waals surface area contributed by atoms with Crippen molar-refractivity contribution in [2.75, 3.05) is 43.9 Å². The van der Waals surface area contributed by atoms with Crippen molar-refractivity contribution in [1.29, 1.82) is 0 Å². The molecule has 0 aromatic carbocycles. The summed E-state index contributed by atoms with van der Waals surface area (Å²) >= 11 is 0. The normalized spacial score (nSPS) is 16.9. The van der Waals surface area contributed by atoms with E-state index in [9.17, 15) is 4.79 Å². The van der Waals surface area contributed by atoms with E-state index in [1.165, 1.54) is 7.11 Å². The molecule has 2 N–H and O–H groups in total. The number of rotatable bonds is 2. The minimum atomic E-state index is -0.400. The van der Waals surface area contributed by atoms with Crippen LogP contribution in [0.2, 0.25) is 0 Å². The molecular weight excluding hydrogens is 268 g/mol. The molecule has 116 valence electrons. The van der Waals surface area contributed by atoms with Crippen LogP contribution in [0.4, 0.5) is 11.5 Å². The number of esters is 1. The number of nitrogens with two attached hydrogens (primary N) is 1. The summed E-state index contributed by atoms with van der Waals surface area (Å²) in [4.78, 5) is 20.8. The first-order valence-electron chi connectivity index (χ1n) is 7.17. The summed E-state index contributed by atoms with van der Waals surface area (Å²) in [6.45, 7) is 10.2. The second kappa shape index (κ2) is 5.89. The Morgan fingerprint density at radius 1 is 1.29 bits per heavy atom. The average Bonchev–Trinajstić information content (AvgIpc) is 2.45. The van der Waals surface area contributed by atoms with Crippen LogP contribution < -0.4 is 10.6 Å². The molecule has 1 aromatic rings. The summed E-state index contributed by atoms with van der Waals surface area (Å²) in [6.07, 6.45) is 1.58. The molecular formula is C15H24N4O2. The van der Waals surface area contributed by atoms with E-state index in [2.05, 4.69) is 35.6 Å². The molecule has 0 bridgehead atoms. The van der Waals surface area contributed by atoms with Gasteiger partial charge in [-0.1, -0.05) is 0 Å². The Morgan fingerprint density at radius 2 is 1.90 bits per heavy atom. The molecule has 6 nitrogen and oxygen atoms in total. The molecule has 1 fully saturated rings. The van der Waals surface area contributed by atoms with E-state index in [1.54, 1.807) is 12.3 Å². The molecule has 0 atom stereocenters. The maximum atomic E-state index is 11.9. The number of carbonyl (C=O) groups excluding carboxylic acids is 1. The number of anilines is 2. The minimum Gasteiger partial charge on any atom is -0.465 e. The predicted octanol–water partition coefficient (Wildman–Crippen LogP) is 1.37. The first kappa shape index (κ1) is 15.6. The molecule has 0 spiro atoms. The Hall–Kier alpha value is -1.82. The lowest BCUT2D eigenvalue weighted by Gasteiger charge is -2.42. The molecule has 6 heteroatoms. The summed E-state index contributed by atoms with van der Waals surface area (Å²) in [5.74, 6) is 0.257. The number of ether oxygens (including phenoxy) is 1. The lowest BCUT2D eigenvalue weighted by atomic mass is 10.0. The summed E-state index contributed by atoms with van der Waals surface area (Å²) < 4.78 is 4.83. The van der Waals surface area contributed by atoms with Gasteiger partial charge in [-0.05, 0) is 26.8 Å². The molecule has 2 heterocycles. The van der Waals surface area contributed by atoms with Gasteiger partial charge >= 0.3 is 5.97 Å².